The van der Waals surface area contributed by atoms with E-state index in [1.807, 2.05) is 24.1 Å². The molecule has 6 nitrogen and oxygen atoms in total. The topological polar surface area (TPSA) is 57.5 Å². The van der Waals surface area contributed by atoms with E-state index in [2.05, 4.69) is 63.7 Å². The third-order valence-electron chi connectivity index (χ3n) is 4.11. The van der Waals surface area contributed by atoms with Crippen LogP contribution in [0, 0.1) is 6.92 Å². The van der Waals surface area contributed by atoms with Crippen molar-refractivity contribution in [2.75, 3.05) is 38.1 Å². The van der Waals surface area contributed by atoms with Crippen LogP contribution in [0.15, 0.2) is 41.7 Å². The monoisotopic (exact) mass is 470 g/mol. The highest BCUT2D eigenvalue weighted by atomic mass is 127. The maximum absolute atomic E-state index is 4.29. The quantitative estimate of drug-likeness (QED) is 0.354. The summed E-state index contributed by atoms with van der Waals surface area (Å²) in [5, 5.41) is 10.9. The fourth-order valence-electron chi connectivity index (χ4n) is 2.75. The summed E-state index contributed by atoms with van der Waals surface area (Å²) in [7, 11) is 3.74. The summed E-state index contributed by atoms with van der Waals surface area (Å²) >= 11 is 0. The first-order valence-corrected chi connectivity index (χ1v) is 8.86. The molecular formula is C19H31IN6. The van der Waals surface area contributed by atoms with Gasteiger partial charge in [-0.15, -0.1) is 24.0 Å². The average molecular weight is 470 g/mol. The molecule has 0 aliphatic carbocycles. The number of hydrogen-bond donors (Lipinski definition) is 2. The summed E-state index contributed by atoms with van der Waals surface area (Å²) in [6, 6.07) is 8.63. The van der Waals surface area contributed by atoms with Crippen LogP contribution in [0.5, 0.6) is 0 Å². The summed E-state index contributed by atoms with van der Waals surface area (Å²) < 4.78 is 1.83. The van der Waals surface area contributed by atoms with Gasteiger partial charge >= 0.3 is 0 Å². The van der Waals surface area contributed by atoms with Gasteiger partial charge in [-0.1, -0.05) is 12.1 Å². The Morgan fingerprint density at radius 1 is 1.27 bits per heavy atom. The Labute approximate surface area is 174 Å². The minimum absolute atomic E-state index is 0. The van der Waals surface area contributed by atoms with Crippen LogP contribution >= 0.6 is 24.0 Å². The molecule has 1 aromatic heterocycles. The van der Waals surface area contributed by atoms with Crippen LogP contribution in [0.1, 0.15) is 18.1 Å². The fourth-order valence-corrected chi connectivity index (χ4v) is 2.75. The Bertz CT molecular complexity index is 682. The number of nitrogens with one attached hydrogen (secondary N) is 2. The van der Waals surface area contributed by atoms with Crippen LogP contribution in [0.3, 0.4) is 0 Å². The van der Waals surface area contributed by atoms with E-state index in [9.17, 15) is 0 Å². The molecule has 0 spiro atoms. The molecule has 144 valence electrons. The summed E-state index contributed by atoms with van der Waals surface area (Å²) in [5.41, 5.74) is 3.78. The smallest absolute Gasteiger partial charge is 0.191 e. The molecule has 26 heavy (non-hydrogen) atoms. The minimum Gasteiger partial charge on any atom is -0.370 e. The van der Waals surface area contributed by atoms with Gasteiger partial charge in [0, 0.05) is 52.2 Å². The van der Waals surface area contributed by atoms with Gasteiger partial charge in [0.25, 0.3) is 0 Å². The molecule has 0 fully saturated rings. The van der Waals surface area contributed by atoms with Gasteiger partial charge in [-0.05, 0) is 43.5 Å². The van der Waals surface area contributed by atoms with Crippen molar-refractivity contribution >= 4 is 35.6 Å². The van der Waals surface area contributed by atoms with E-state index in [0.717, 1.165) is 38.6 Å². The fraction of sp³-hybridized carbons (Fsp3) is 0.474. The van der Waals surface area contributed by atoms with Gasteiger partial charge in [-0.3, -0.25) is 9.67 Å². The highest BCUT2D eigenvalue weighted by Crippen LogP contribution is 2.14. The number of aliphatic imine (C=N–C) groups is 1. The molecule has 1 heterocycles. The molecule has 0 amide bonds. The molecule has 2 N–H and O–H groups in total. The van der Waals surface area contributed by atoms with Crippen LogP contribution < -0.4 is 15.5 Å². The van der Waals surface area contributed by atoms with E-state index < -0.39 is 0 Å². The van der Waals surface area contributed by atoms with Crippen molar-refractivity contribution in [2.45, 2.75) is 20.3 Å². The molecule has 2 aromatic rings. The molecule has 2 rings (SSSR count). The standard InChI is InChI=1S/C19H30N6.HI/c1-5-25(18-8-6-7-16(2)13-18)12-11-22-19(20-3)21-10-9-17-14-23-24(4)15-17;/h6-8,13-15H,5,9-12H2,1-4H3,(H2,20,21,22);1H. The van der Waals surface area contributed by atoms with E-state index in [1.165, 1.54) is 16.8 Å². The first-order valence-electron chi connectivity index (χ1n) is 8.86. The number of benzene rings is 1. The second-order valence-electron chi connectivity index (χ2n) is 6.12. The third-order valence-corrected chi connectivity index (χ3v) is 4.11. The first kappa shape index (κ1) is 22.3. The predicted octanol–water partition coefficient (Wildman–Crippen LogP) is 2.58. The van der Waals surface area contributed by atoms with Gasteiger partial charge in [0.2, 0.25) is 0 Å². The number of guanidine groups is 1. The molecule has 0 saturated carbocycles. The molecule has 0 bridgehead atoms. The summed E-state index contributed by atoms with van der Waals surface area (Å²) in [6.07, 6.45) is 4.87. The third kappa shape index (κ3) is 7.23. The molecule has 0 atom stereocenters. The van der Waals surface area contributed by atoms with Crippen molar-refractivity contribution in [2.24, 2.45) is 12.0 Å². The van der Waals surface area contributed by atoms with E-state index in [0.29, 0.717) is 0 Å². The minimum atomic E-state index is 0. The zero-order chi connectivity index (χ0) is 18.1. The molecule has 0 radical (unpaired) electrons. The second-order valence-corrected chi connectivity index (χ2v) is 6.12. The number of likely N-dealkylation sites (N-methyl/N-ethyl adjacent to an activating group) is 1. The van der Waals surface area contributed by atoms with Gasteiger partial charge in [-0.2, -0.15) is 5.10 Å². The zero-order valence-corrected chi connectivity index (χ0v) is 18.5. The van der Waals surface area contributed by atoms with Crippen LogP contribution in [0.25, 0.3) is 0 Å². The lowest BCUT2D eigenvalue weighted by atomic mass is 10.2. The van der Waals surface area contributed by atoms with Crippen molar-refractivity contribution in [3.63, 3.8) is 0 Å². The number of aryl methyl sites for hydroxylation is 2. The Balaban J connectivity index is 0.00000338. The van der Waals surface area contributed by atoms with Crippen molar-refractivity contribution in [3.8, 4) is 0 Å². The highest BCUT2D eigenvalue weighted by Gasteiger charge is 2.05. The maximum Gasteiger partial charge on any atom is 0.191 e. The Hall–Kier alpha value is -1.77. The van der Waals surface area contributed by atoms with Crippen LogP contribution in [0.2, 0.25) is 0 Å². The van der Waals surface area contributed by atoms with Gasteiger partial charge < -0.3 is 15.5 Å². The normalized spacial score (nSPS) is 11.0. The Morgan fingerprint density at radius 2 is 2.04 bits per heavy atom. The highest BCUT2D eigenvalue weighted by molar-refractivity contribution is 14.0. The van der Waals surface area contributed by atoms with Gasteiger partial charge in [-0.25, -0.2) is 0 Å². The van der Waals surface area contributed by atoms with E-state index in [-0.39, 0.29) is 24.0 Å². The number of hydrogen-bond acceptors (Lipinski definition) is 3. The Morgan fingerprint density at radius 3 is 2.65 bits per heavy atom. The van der Waals surface area contributed by atoms with Gasteiger partial charge in [0.05, 0.1) is 6.20 Å². The van der Waals surface area contributed by atoms with Crippen LogP contribution in [0.4, 0.5) is 5.69 Å². The summed E-state index contributed by atoms with van der Waals surface area (Å²) in [4.78, 5) is 6.65. The molecule has 0 aliphatic heterocycles. The van der Waals surface area contributed by atoms with Crippen molar-refractivity contribution in [1.29, 1.82) is 0 Å². The van der Waals surface area contributed by atoms with E-state index >= 15 is 0 Å². The molecule has 7 heteroatoms. The van der Waals surface area contributed by atoms with E-state index in [4.69, 9.17) is 0 Å². The average Bonchev–Trinajstić information content (AvgIpc) is 3.02. The number of nitrogens with zero attached hydrogens (tertiary/aromatic N) is 4. The first-order chi connectivity index (χ1) is 12.1. The lowest BCUT2D eigenvalue weighted by Crippen LogP contribution is -2.42. The van der Waals surface area contributed by atoms with Crippen LogP contribution in [-0.4, -0.2) is 49.0 Å². The van der Waals surface area contributed by atoms with Crippen molar-refractivity contribution in [3.05, 3.63) is 47.8 Å². The molecule has 1 aromatic carbocycles. The molecule has 0 aliphatic rings. The zero-order valence-electron chi connectivity index (χ0n) is 16.2. The molecule has 0 unspecified atom stereocenters. The lowest BCUT2D eigenvalue weighted by Gasteiger charge is -2.24. The second kappa shape index (κ2) is 11.8. The molecule has 0 saturated heterocycles. The number of rotatable bonds is 8. The predicted molar refractivity (Wildman–Crippen MR) is 121 cm³/mol. The number of aromatic nitrogens is 2. The van der Waals surface area contributed by atoms with Gasteiger partial charge in [0.1, 0.15) is 0 Å². The SMILES string of the molecule is CCN(CCNC(=NC)NCCc1cnn(C)c1)c1cccc(C)c1.I. The Kier molecular flexibility index (Phi) is 10.1. The number of halogens is 1. The summed E-state index contributed by atoms with van der Waals surface area (Å²) in [6.45, 7) is 7.91. The van der Waals surface area contributed by atoms with Crippen LogP contribution in [-0.2, 0) is 13.5 Å². The largest absolute Gasteiger partial charge is 0.370 e. The maximum atomic E-state index is 4.29. The van der Waals surface area contributed by atoms with Crippen molar-refractivity contribution in [1.82, 2.24) is 20.4 Å². The van der Waals surface area contributed by atoms with E-state index in [1.54, 1.807) is 7.05 Å². The number of anilines is 1. The van der Waals surface area contributed by atoms with Crippen molar-refractivity contribution < 1.29 is 0 Å². The molecular weight excluding hydrogens is 439 g/mol. The lowest BCUT2D eigenvalue weighted by molar-refractivity contribution is 0.746. The van der Waals surface area contributed by atoms with Gasteiger partial charge in [0.15, 0.2) is 5.96 Å². The summed E-state index contributed by atoms with van der Waals surface area (Å²) in [5.74, 6) is 0.837.